The maximum atomic E-state index is 12.1. The lowest BCUT2D eigenvalue weighted by molar-refractivity contribution is -0.175. The molecule has 0 heterocycles. The molecule has 1 unspecified atom stereocenters. The predicted octanol–water partition coefficient (Wildman–Crippen LogP) is 2.93. The number of methoxy groups -OCH3 is 2. The predicted molar refractivity (Wildman–Crippen MR) is 72.8 cm³/mol. The first kappa shape index (κ1) is 17.6. The van der Waals surface area contributed by atoms with Crippen LogP contribution in [0.25, 0.3) is 0 Å². The average Bonchev–Trinajstić information content (AvgIpc) is 2.44. The first-order valence-electron chi connectivity index (χ1n) is 6.51. The van der Waals surface area contributed by atoms with Crippen LogP contribution < -0.4 is 14.8 Å². The lowest BCUT2D eigenvalue weighted by Gasteiger charge is -2.20. The van der Waals surface area contributed by atoms with E-state index in [9.17, 15) is 13.2 Å². The molecule has 0 aliphatic heterocycles. The molecule has 0 amide bonds. The molecule has 0 fully saturated rings. The molecule has 120 valence electrons. The summed E-state index contributed by atoms with van der Waals surface area (Å²) in [6.45, 7) is 1.14. The van der Waals surface area contributed by atoms with Crippen LogP contribution in [0.3, 0.4) is 0 Å². The number of rotatable bonds is 8. The monoisotopic (exact) mass is 307 g/mol. The van der Waals surface area contributed by atoms with E-state index in [1.54, 1.807) is 18.2 Å². The van der Waals surface area contributed by atoms with Crippen molar-refractivity contribution in [2.24, 2.45) is 0 Å². The molecule has 21 heavy (non-hydrogen) atoms. The van der Waals surface area contributed by atoms with E-state index >= 15 is 0 Å². The number of likely N-dealkylation sites (N-methyl/N-ethyl adjacent to an activating group) is 1. The quantitative estimate of drug-likeness (QED) is 0.801. The van der Waals surface area contributed by atoms with Gasteiger partial charge in [0.1, 0.15) is 6.61 Å². The van der Waals surface area contributed by atoms with E-state index in [0.29, 0.717) is 18.0 Å². The fraction of sp³-hybridized carbons (Fsp3) is 0.571. The summed E-state index contributed by atoms with van der Waals surface area (Å²) < 4.78 is 51.4. The maximum absolute atomic E-state index is 12.1. The van der Waals surface area contributed by atoms with E-state index in [0.717, 1.165) is 5.56 Å². The van der Waals surface area contributed by atoms with E-state index in [1.165, 1.54) is 14.2 Å². The van der Waals surface area contributed by atoms with Crippen molar-refractivity contribution in [2.75, 3.05) is 34.0 Å². The highest BCUT2D eigenvalue weighted by atomic mass is 19.4. The highest BCUT2D eigenvalue weighted by Crippen LogP contribution is 2.30. The van der Waals surface area contributed by atoms with E-state index in [4.69, 9.17) is 14.2 Å². The van der Waals surface area contributed by atoms with Crippen LogP contribution in [0, 0.1) is 0 Å². The Bertz CT molecular complexity index is 438. The molecule has 0 aliphatic rings. The van der Waals surface area contributed by atoms with Gasteiger partial charge in [-0.15, -0.1) is 0 Å². The zero-order valence-electron chi connectivity index (χ0n) is 12.3. The third-order valence-corrected chi connectivity index (χ3v) is 2.81. The largest absolute Gasteiger partial charge is 0.493 e. The highest BCUT2D eigenvalue weighted by Gasteiger charge is 2.28. The summed E-state index contributed by atoms with van der Waals surface area (Å²) in [6.07, 6.45) is -4.33. The SMILES string of the molecule is CCNC(COCC(F)(F)F)c1ccc(OC)c(OC)c1. The number of hydrogen-bond acceptors (Lipinski definition) is 4. The normalized spacial score (nSPS) is 13.0. The van der Waals surface area contributed by atoms with Crippen molar-refractivity contribution in [2.45, 2.75) is 19.1 Å². The van der Waals surface area contributed by atoms with Crippen LogP contribution in [-0.4, -0.2) is 40.2 Å². The van der Waals surface area contributed by atoms with Crippen molar-refractivity contribution in [3.63, 3.8) is 0 Å². The summed E-state index contributed by atoms with van der Waals surface area (Å²) in [7, 11) is 3.02. The molecule has 4 nitrogen and oxygen atoms in total. The number of ether oxygens (including phenoxy) is 3. The van der Waals surface area contributed by atoms with Gasteiger partial charge in [0.05, 0.1) is 26.9 Å². The van der Waals surface area contributed by atoms with Crippen molar-refractivity contribution >= 4 is 0 Å². The molecule has 0 aromatic heterocycles. The third-order valence-electron chi connectivity index (χ3n) is 2.81. The molecule has 0 saturated heterocycles. The summed E-state index contributed by atoms with van der Waals surface area (Å²) in [5.41, 5.74) is 0.775. The summed E-state index contributed by atoms with van der Waals surface area (Å²) in [6, 6.07) is 4.86. The minimum Gasteiger partial charge on any atom is -0.493 e. The van der Waals surface area contributed by atoms with Crippen LogP contribution >= 0.6 is 0 Å². The van der Waals surface area contributed by atoms with Gasteiger partial charge in [0.25, 0.3) is 0 Å². The van der Waals surface area contributed by atoms with Crippen LogP contribution in [0.4, 0.5) is 13.2 Å². The highest BCUT2D eigenvalue weighted by molar-refractivity contribution is 5.43. The van der Waals surface area contributed by atoms with Crippen molar-refractivity contribution in [3.05, 3.63) is 23.8 Å². The van der Waals surface area contributed by atoms with Crippen LogP contribution in [0.2, 0.25) is 0 Å². The van der Waals surface area contributed by atoms with Crippen LogP contribution in [0.1, 0.15) is 18.5 Å². The Labute approximate surface area is 122 Å². The van der Waals surface area contributed by atoms with Gasteiger partial charge in [0, 0.05) is 0 Å². The Balaban J connectivity index is 2.80. The molecule has 0 radical (unpaired) electrons. The topological polar surface area (TPSA) is 39.7 Å². The van der Waals surface area contributed by atoms with Crippen molar-refractivity contribution in [1.29, 1.82) is 0 Å². The number of benzene rings is 1. The Morgan fingerprint density at radius 2 is 1.81 bits per heavy atom. The molecular weight excluding hydrogens is 287 g/mol. The second-order valence-corrected chi connectivity index (χ2v) is 4.35. The van der Waals surface area contributed by atoms with Gasteiger partial charge >= 0.3 is 6.18 Å². The average molecular weight is 307 g/mol. The van der Waals surface area contributed by atoms with Crippen LogP contribution in [0.5, 0.6) is 11.5 Å². The fourth-order valence-electron chi connectivity index (χ4n) is 1.88. The fourth-order valence-corrected chi connectivity index (χ4v) is 1.88. The molecular formula is C14H20F3NO3. The zero-order chi connectivity index (χ0) is 15.9. The van der Waals surface area contributed by atoms with Crippen LogP contribution in [0.15, 0.2) is 18.2 Å². The standard InChI is InChI=1S/C14H20F3NO3/c1-4-18-11(8-21-9-14(15,16)17)10-5-6-12(19-2)13(7-10)20-3/h5-7,11,18H,4,8-9H2,1-3H3. The third kappa shape index (κ3) is 5.81. The first-order chi connectivity index (χ1) is 9.91. The van der Waals surface area contributed by atoms with Crippen LogP contribution in [-0.2, 0) is 4.74 Å². The van der Waals surface area contributed by atoms with Gasteiger partial charge in [-0.2, -0.15) is 13.2 Å². The summed E-state index contributed by atoms with van der Waals surface area (Å²) in [4.78, 5) is 0. The molecule has 7 heteroatoms. The lowest BCUT2D eigenvalue weighted by atomic mass is 10.1. The Morgan fingerprint density at radius 1 is 1.14 bits per heavy atom. The van der Waals surface area contributed by atoms with E-state index in [2.05, 4.69) is 5.32 Å². The molecule has 1 atom stereocenters. The van der Waals surface area contributed by atoms with Gasteiger partial charge in [-0.05, 0) is 24.2 Å². The van der Waals surface area contributed by atoms with Gasteiger partial charge in [0.15, 0.2) is 11.5 Å². The van der Waals surface area contributed by atoms with Crippen molar-refractivity contribution < 1.29 is 27.4 Å². The second kappa shape index (κ2) is 8.09. The zero-order valence-corrected chi connectivity index (χ0v) is 12.3. The molecule has 1 aromatic rings. The number of hydrogen-bond donors (Lipinski definition) is 1. The maximum Gasteiger partial charge on any atom is 0.411 e. The van der Waals surface area contributed by atoms with Gasteiger partial charge < -0.3 is 19.5 Å². The Morgan fingerprint density at radius 3 is 2.33 bits per heavy atom. The van der Waals surface area contributed by atoms with Crippen molar-refractivity contribution in [1.82, 2.24) is 5.32 Å². The van der Waals surface area contributed by atoms with Gasteiger partial charge in [-0.25, -0.2) is 0 Å². The number of halogens is 3. The van der Waals surface area contributed by atoms with Gasteiger partial charge in [-0.1, -0.05) is 13.0 Å². The number of nitrogens with one attached hydrogen (secondary N) is 1. The first-order valence-corrected chi connectivity index (χ1v) is 6.51. The summed E-state index contributed by atoms with van der Waals surface area (Å²) >= 11 is 0. The summed E-state index contributed by atoms with van der Waals surface area (Å²) in [5.74, 6) is 1.08. The molecule has 0 bridgehead atoms. The minimum atomic E-state index is -4.33. The number of alkyl halides is 3. The Kier molecular flexibility index (Phi) is 6.77. The molecule has 1 aromatic carbocycles. The van der Waals surface area contributed by atoms with Gasteiger partial charge in [-0.3, -0.25) is 0 Å². The van der Waals surface area contributed by atoms with Crippen molar-refractivity contribution in [3.8, 4) is 11.5 Å². The minimum absolute atomic E-state index is 0.0805. The molecule has 0 spiro atoms. The molecule has 0 aliphatic carbocycles. The van der Waals surface area contributed by atoms with E-state index in [1.807, 2.05) is 6.92 Å². The Hall–Kier alpha value is -1.47. The molecule has 0 saturated carbocycles. The molecule has 1 rings (SSSR count). The lowest BCUT2D eigenvalue weighted by Crippen LogP contribution is -2.28. The smallest absolute Gasteiger partial charge is 0.411 e. The van der Waals surface area contributed by atoms with E-state index < -0.39 is 12.8 Å². The van der Waals surface area contributed by atoms with E-state index in [-0.39, 0.29) is 12.6 Å². The van der Waals surface area contributed by atoms with Gasteiger partial charge in [0.2, 0.25) is 0 Å². The summed E-state index contributed by atoms with van der Waals surface area (Å²) in [5, 5.41) is 3.09. The second-order valence-electron chi connectivity index (χ2n) is 4.35. The molecule has 1 N–H and O–H groups in total.